The Labute approximate surface area is 204 Å². The highest BCUT2D eigenvalue weighted by atomic mass is 32.2. The maximum Gasteiger partial charge on any atom is 0.272 e. The van der Waals surface area contributed by atoms with Crippen molar-refractivity contribution in [2.24, 2.45) is 0 Å². The number of thiophene rings is 1. The van der Waals surface area contributed by atoms with Gasteiger partial charge in [0.05, 0.1) is 17.8 Å². The third-order valence-electron chi connectivity index (χ3n) is 5.58. The van der Waals surface area contributed by atoms with Crippen molar-refractivity contribution in [2.75, 3.05) is 11.1 Å². The Bertz CT molecular complexity index is 1550. The highest BCUT2D eigenvalue weighted by Gasteiger charge is 2.18. The number of para-hydroxylation sites is 1. The van der Waals surface area contributed by atoms with Crippen LogP contribution >= 0.6 is 23.1 Å². The lowest BCUT2D eigenvalue weighted by Crippen LogP contribution is -2.24. The van der Waals surface area contributed by atoms with Crippen molar-refractivity contribution < 1.29 is 4.79 Å². The van der Waals surface area contributed by atoms with E-state index in [2.05, 4.69) is 10.3 Å². The molecule has 170 valence electrons. The van der Waals surface area contributed by atoms with Crippen LogP contribution in [0.1, 0.15) is 16.7 Å². The molecule has 0 bridgehead atoms. The smallest absolute Gasteiger partial charge is 0.272 e. The molecule has 3 heterocycles. The molecule has 0 saturated carbocycles. The second-order valence-corrected chi connectivity index (χ2v) is 9.95. The topological polar surface area (TPSA) is 76.9 Å². The average Bonchev–Trinajstić information content (AvgIpc) is 3.22. The maximum atomic E-state index is 13.5. The Morgan fingerprint density at radius 2 is 1.79 bits per heavy atom. The number of anilines is 1. The van der Waals surface area contributed by atoms with E-state index in [0.29, 0.717) is 21.9 Å². The van der Waals surface area contributed by atoms with Gasteiger partial charge in [0.1, 0.15) is 9.53 Å². The van der Waals surface area contributed by atoms with Crippen molar-refractivity contribution >= 4 is 55.1 Å². The van der Waals surface area contributed by atoms with E-state index in [-0.39, 0.29) is 17.2 Å². The lowest BCUT2D eigenvalue weighted by molar-refractivity contribution is -0.113. The molecule has 3 aromatic heterocycles. The van der Waals surface area contributed by atoms with E-state index in [0.717, 1.165) is 32.6 Å². The number of hydrogen-bond donors (Lipinski definition) is 1. The number of benzene rings is 2. The van der Waals surface area contributed by atoms with Gasteiger partial charge in [0.25, 0.3) is 5.56 Å². The van der Waals surface area contributed by atoms with Crippen LogP contribution in [0.2, 0.25) is 0 Å². The fourth-order valence-electron chi connectivity index (χ4n) is 3.87. The van der Waals surface area contributed by atoms with Gasteiger partial charge in [0.2, 0.25) is 5.91 Å². The monoisotopic (exact) mass is 486 g/mol. The highest BCUT2D eigenvalue weighted by molar-refractivity contribution is 7.99. The van der Waals surface area contributed by atoms with Crippen molar-refractivity contribution in [2.45, 2.75) is 25.5 Å². The van der Waals surface area contributed by atoms with Crippen molar-refractivity contribution in [1.29, 1.82) is 0 Å². The molecule has 5 rings (SSSR count). The Hall–Kier alpha value is -3.49. The summed E-state index contributed by atoms with van der Waals surface area (Å²) >= 11 is 2.63. The fourth-order valence-corrected chi connectivity index (χ4v) is 5.70. The summed E-state index contributed by atoms with van der Waals surface area (Å²) in [4.78, 5) is 36.4. The summed E-state index contributed by atoms with van der Waals surface area (Å²) in [6.45, 7) is 4.32. The van der Waals surface area contributed by atoms with Crippen LogP contribution in [0.5, 0.6) is 0 Å². The number of carbonyl (C=O) groups excluding carboxylic acids is 1. The molecule has 0 atom stereocenters. The zero-order chi connectivity index (χ0) is 23.7. The summed E-state index contributed by atoms with van der Waals surface area (Å²) < 4.78 is 2.23. The minimum absolute atomic E-state index is 0.116. The van der Waals surface area contributed by atoms with Gasteiger partial charge in [-0.15, -0.1) is 11.3 Å². The summed E-state index contributed by atoms with van der Waals surface area (Å²) in [5.41, 5.74) is 4.36. The molecule has 2 aromatic carbocycles. The quantitative estimate of drug-likeness (QED) is 0.257. The first-order valence-corrected chi connectivity index (χ1v) is 12.6. The van der Waals surface area contributed by atoms with Crippen LogP contribution in [0.15, 0.2) is 76.8 Å². The molecule has 6 nitrogen and oxygen atoms in total. The second kappa shape index (κ2) is 9.40. The molecule has 8 heteroatoms. The number of nitrogens with zero attached hydrogens (tertiary/aromatic N) is 3. The number of hydrogen-bond acceptors (Lipinski definition) is 6. The summed E-state index contributed by atoms with van der Waals surface area (Å²) in [5.74, 6) is 0.000685. The SMILES string of the molecule is Cc1cccc(C)c1NC(=O)CSc1nc2c(sc3ncccc32)c(=O)n1Cc1ccccc1. The third kappa shape index (κ3) is 4.34. The van der Waals surface area contributed by atoms with Crippen LogP contribution in [0, 0.1) is 13.8 Å². The Morgan fingerprint density at radius 3 is 2.56 bits per heavy atom. The standard InChI is InChI=1S/C26H22N4O2S2/c1-16-8-6-9-17(2)21(16)28-20(31)15-33-26-29-22-19-12-7-13-27-24(19)34-23(22)25(32)30(26)14-18-10-4-3-5-11-18/h3-13H,14-15H2,1-2H3,(H,28,31). The summed E-state index contributed by atoms with van der Waals surface area (Å²) in [5, 5.41) is 4.38. The van der Waals surface area contributed by atoms with E-state index in [1.54, 1.807) is 10.8 Å². The first-order valence-electron chi connectivity index (χ1n) is 10.8. The lowest BCUT2D eigenvalue weighted by Gasteiger charge is -2.13. The lowest BCUT2D eigenvalue weighted by atomic mass is 10.1. The summed E-state index contributed by atoms with van der Waals surface area (Å²) in [6.07, 6.45) is 1.72. The molecule has 0 aliphatic rings. The number of aromatic nitrogens is 3. The molecule has 0 unspecified atom stereocenters. The number of thioether (sulfide) groups is 1. The van der Waals surface area contributed by atoms with Gasteiger partial charge in [-0.3, -0.25) is 14.2 Å². The molecule has 1 amide bonds. The van der Waals surface area contributed by atoms with Crippen molar-refractivity contribution in [3.05, 3.63) is 93.9 Å². The van der Waals surface area contributed by atoms with E-state index in [9.17, 15) is 9.59 Å². The average molecular weight is 487 g/mol. The third-order valence-corrected chi connectivity index (χ3v) is 7.65. The summed E-state index contributed by atoms with van der Waals surface area (Å²) in [6, 6.07) is 19.5. The number of nitrogens with one attached hydrogen (secondary N) is 1. The molecule has 0 radical (unpaired) electrons. The highest BCUT2D eigenvalue weighted by Crippen LogP contribution is 2.31. The zero-order valence-corrected chi connectivity index (χ0v) is 20.4. The van der Waals surface area contributed by atoms with E-state index in [1.807, 2.05) is 74.5 Å². The van der Waals surface area contributed by atoms with Gasteiger partial charge in [-0.1, -0.05) is 60.3 Å². The Balaban J connectivity index is 1.51. The predicted octanol–water partition coefficient (Wildman–Crippen LogP) is 5.40. The first kappa shape index (κ1) is 22.3. The van der Waals surface area contributed by atoms with Crippen LogP contribution in [0.25, 0.3) is 20.4 Å². The van der Waals surface area contributed by atoms with Gasteiger partial charge in [0.15, 0.2) is 5.16 Å². The molecular weight excluding hydrogens is 464 g/mol. The van der Waals surface area contributed by atoms with Gasteiger partial charge in [-0.25, -0.2) is 9.97 Å². The molecule has 0 spiro atoms. The first-order chi connectivity index (χ1) is 16.5. The van der Waals surface area contributed by atoms with Crippen LogP contribution in [0.3, 0.4) is 0 Å². The number of fused-ring (bicyclic) bond motifs is 3. The molecule has 0 aliphatic carbocycles. The number of aryl methyl sites for hydroxylation is 2. The minimum Gasteiger partial charge on any atom is -0.325 e. The zero-order valence-electron chi connectivity index (χ0n) is 18.7. The van der Waals surface area contributed by atoms with Crippen LogP contribution in [0.4, 0.5) is 5.69 Å². The van der Waals surface area contributed by atoms with Crippen LogP contribution in [-0.4, -0.2) is 26.2 Å². The molecule has 1 N–H and O–H groups in total. The van der Waals surface area contributed by atoms with Crippen molar-refractivity contribution in [3.63, 3.8) is 0 Å². The number of rotatable bonds is 6. The van der Waals surface area contributed by atoms with E-state index in [1.165, 1.54) is 23.1 Å². The largest absolute Gasteiger partial charge is 0.325 e. The van der Waals surface area contributed by atoms with Gasteiger partial charge >= 0.3 is 0 Å². The van der Waals surface area contributed by atoms with Gasteiger partial charge in [-0.05, 0) is 42.7 Å². The molecule has 0 aliphatic heterocycles. The van der Waals surface area contributed by atoms with Crippen molar-refractivity contribution in [3.8, 4) is 0 Å². The van der Waals surface area contributed by atoms with Gasteiger partial charge in [0, 0.05) is 17.3 Å². The van der Waals surface area contributed by atoms with Crippen molar-refractivity contribution in [1.82, 2.24) is 14.5 Å². The number of amides is 1. The predicted molar refractivity (Wildman–Crippen MR) is 140 cm³/mol. The van der Waals surface area contributed by atoms with E-state index < -0.39 is 0 Å². The molecule has 0 saturated heterocycles. The fraction of sp³-hybridized carbons (Fsp3) is 0.154. The normalized spacial score (nSPS) is 11.2. The molecule has 5 aromatic rings. The molecule has 34 heavy (non-hydrogen) atoms. The Kier molecular flexibility index (Phi) is 6.17. The van der Waals surface area contributed by atoms with E-state index >= 15 is 0 Å². The van der Waals surface area contributed by atoms with Gasteiger partial charge < -0.3 is 5.32 Å². The maximum absolute atomic E-state index is 13.5. The minimum atomic E-state index is -0.139. The van der Waals surface area contributed by atoms with Crippen LogP contribution in [-0.2, 0) is 11.3 Å². The number of pyridine rings is 1. The van der Waals surface area contributed by atoms with Gasteiger partial charge in [-0.2, -0.15) is 0 Å². The number of carbonyl (C=O) groups is 1. The van der Waals surface area contributed by atoms with Crippen LogP contribution < -0.4 is 10.9 Å². The summed E-state index contributed by atoms with van der Waals surface area (Å²) in [7, 11) is 0. The molecule has 0 fully saturated rings. The Morgan fingerprint density at radius 1 is 1.03 bits per heavy atom. The van der Waals surface area contributed by atoms with E-state index in [4.69, 9.17) is 4.98 Å². The molecular formula is C26H22N4O2S2. The second-order valence-electron chi connectivity index (χ2n) is 8.01.